The Labute approximate surface area is 140 Å². The molecule has 0 unspecified atom stereocenters. The van der Waals surface area contributed by atoms with Crippen molar-refractivity contribution in [1.29, 1.82) is 0 Å². The van der Waals surface area contributed by atoms with Gasteiger partial charge in [0.05, 0.1) is 5.92 Å². The van der Waals surface area contributed by atoms with Crippen molar-refractivity contribution in [3.63, 3.8) is 0 Å². The lowest BCUT2D eigenvalue weighted by molar-refractivity contribution is -0.122. The van der Waals surface area contributed by atoms with E-state index in [1.54, 1.807) is 11.0 Å². The van der Waals surface area contributed by atoms with E-state index >= 15 is 0 Å². The maximum absolute atomic E-state index is 12.4. The van der Waals surface area contributed by atoms with Crippen molar-refractivity contribution in [1.82, 2.24) is 0 Å². The summed E-state index contributed by atoms with van der Waals surface area (Å²) in [6.07, 6.45) is 0.223. The van der Waals surface area contributed by atoms with Gasteiger partial charge in [0.25, 0.3) is 0 Å². The van der Waals surface area contributed by atoms with Crippen LogP contribution in [0.15, 0.2) is 48.5 Å². The van der Waals surface area contributed by atoms with E-state index < -0.39 is 0 Å². The molecule has 1 N–H and O–H groups in total. The van der Waals surface area contributed by atoms with Gasteiger partial charge in [0.15, 0.2) is 0 Å². The number of para-hydroxylation sites is 1. The minimum atomic E-state index is -0.359. The molecule has 0 aromatic heterocycles. The zero-order valence-corrected chi connectivity index (χ0v) is 13.5. The number of rotatable bonds is 3. The normalized spacial score (nSPS) is 17.4. The molecule has 0 saturated carbocycles. The van der Waals surface area contributed by atoms with Crippen molar-refractivity contribution >= 4 is 34.8 Å². The number of hydrogen-bond acceptors (Lipinski definition) is 2. The molecule has 1 fully saturated rings. The highest BCUT2D eigenvalue weighted by Crippen LogP contribution is 2.26. The number of halogens is 1. The van der Waals surface area contributed by atoms with Crippen LogP contribution in [0.5, 0.6) is 0 Å². The second kappa shape index (κ2) is 6.42. The number of nitrogens with zero attached hydrogens (tertiary/aromatic N) is 1. The quantitative estimate of drug-likeness (QED) is 0.935. The fourth-order valence-electron chi connectivity index (χ4n) is 2.66. The highest BCUT2D eigenvalue weighted by molar-refractivity contribution is 6.31. The first-order valence-electron chi connectivity index (χ1n) is 7.47. The summed E-state index contributed by atoms with van der Waals surface area (Å²) in [5.74, 6) is -0.544. The number of hydrogen-bond donors (Lipinski definition) is 1. The first kappa shape index (κ1) is 15.6. The fraction of sp³-hybridized carbons (Fsp3) is 0.222. The summed E-state index contributed by atoms with van der Waals surface area (Å²) >= 11 is 6.07. The second-order valence-electron chi connectivity index (χ2n) is 5.69. The zero-order valence-electron chi connectivity index (χ0n) is 12.8. The first-order chi connectivity index (χ1) is 11.0. The summed E-state index contributed by atoms with van der Waals surface area (Å²) in [5, 5.41) is 3.45. The monoisotopic (exact) mass is 328 g/mol. The molecule has 0 aliphatic carbocycles. The largest absolute Gasteiger partial charge is 0.326 e. The molecule has 1 aliphatic heterocycles. The van der Waals surface area contributed by atoms with Crippen molar-refractivity contribution in [2.45, 2.75) is 13.3 Å². The van der Waals surface area contributed by atoms with E-state index in [0.29, 0.717) is 17.3 Å². The van der Waals surface area contributed by atoms with E-state index in [9.17, 15) is 9.59 Å². The Balaban J connectivity index is 1.69. The van der Waals surface area contributed by atoms with E-state index in [0.717, 1.165) is 11.3 Å². The molecule has 1 aliphatic rings. The van der Waals surface area contributed by atoms with Crippen LogP contribution >= 0.6 is 11.6 Å². The lowest BCUT2D eigenvalue weighted by Crippen LogP contribution is -2.28. The van der Waals surface area contributed by atoms with E-state index in [-0.39, 0.29) is 24.2 Å². The van der Waals surface area contributed by atoms with Crippen molar-refractivity contribution < 1.29 is 9.59 Å². The molecule has 0 bridgehead atoms. The molecule has 23 heavy (non-hydrogen) atoms. The van der Waals surface area contributed by atoms with Gasteiger partial charge in [-0.2, -0.15) is 0 Å². The number of amides is 2. The lowest BCUT2D eigenvalue weighted by Gasteiger charge is -2.16. The van der Waals surface area contributed by atoms with E-state index in [1.807, 2.05) is 49.4 Å². The van der Waals surface area contributed by atoms with Crippen molar-refractivity contribution in [3.8, 4) is 0 Å². The number of nitrogens with one attached hydrogen (secondary N) is 1. The van der Waals surface area contributed by atoms with Crippen LogP contribution in [0, 0.1) is 12.8 Å². The van der Waals surface area contributed by atoms with Crippen LogP contribution in [0.4, 0.5) is 11.4 Å². The molecule has 118 valence electrons. The number of anilines is 2. The average Bonchev–Trinajstić information content (AvgIpc) is 2.94. The number of benzene rings is 2. The fourth-order valence-corrected chi connectivity index (χ4v) is 2.84. The number of carbonyl (C=O) groups is 2. The topological polar surface area (TPSA) is 49.4 Å². The standard InChI is InChI=1S/C18H17ClN2O2/c1-12-7-8-14(10-16(12)19)20-18(23)13-9-17(22)21(11-13)15-5-3-2-4-6-15/h2-8,10,13H,9,11H2,1H3,(H,20,23)/t13-/m0/s1. The Hall–Kier alpha value is -2.33. The molecule has 1 saturated heterocycles. The van der Waals surface area contributed by atoms with Crippen LogP contribution in [-0.4, -0.2) is 18.4 Å². The molecule has 3 rings (SSSR count). The number of aryl methyl sites for hydroxylation is 1. The Kier molecular flexibility index (Phi) is 4.35. The van der Waals surface area contributed by atoms with Gasteiger partial charge in [0.2, 0.25) is 11.8 Å². The minimum absolute atomic E-state index is 0.0294. The van der Waals surface area contributed by atoms with Crippen molar-refractivity contribution in [3.05, 3.63) is 59.1 Å². The van der Waals surface area contributed by atoms with Gasteiger partial charge in [-0.05, 0) is 36.8 Å². The lowest BCUT2D eigenvalue weighted by atomic mass is 10.1. The Morgan fingerprint density at radius 2 is 1.96 bits per heavy atom. The zero-order chi connectivity index (χ0) is 16.4. The Morgan fingerprint density at radius 3 is 2.65 bits per heavy atom. The molecule has 2 aromatic carbocycles. The molecule has 0 radical (unpaired) electrons. The second-order valence-corrected chi connectivity index (χ2v) is 6.10. The third-order valence-corrected chi connectivity index (χ3v) is 4.41. The van der Waals surface area contributed by atoms with Gasteiger partial charge in [0.1, 0.15) is 0 Å². The summed E-state index contributed by atoms with van der Waals surface area (Å²) in [4.78, 5) is 26.2. The van der Waals surface area contributed by atoms with Gasteiger partial charge in [-0.15, -0.1) is 0 Å². The van der Waals surface area contributed by atoms with Crippen molar-refractivity contribution in [2.75, 3.05) is 16.8 Å². The van der Waals surface area contributed by atoms with Gasteiger partial charge in [0, 0.05) is 29.4 Å². The molecule has 4 nitrogen and oxygen atoms in total. The molecule has 5 heteroatoms. The van der Waals surface area contributed by atoms with E-state index in [1.165, 1.54) is 0 Å². The van der Waals surface area contributed by atoms with Gasteiger partial charge in [-0.1, -0.05) is 35.9 Å². The van der Waals surface area contributed by atoms with Gasteiger partial charge in [-0.25, -0.2) is 0 Å². The SMILES string of the molecule is Cc1ccc(NC(=O)[C@H]2CC(=O)N(c3ccccc3)C2)cc1Cl. The third-order valence-electron chi connectivity index (χ3n) is 4.00. The molecule has 2 aromatic rings. The van der Waals surface area contributed by atoms with Crippen LogP contribution in [-0.2, 0) is 9.59 Å². The molecular formula is C18H17ClN2O2. The summed E-state index contributed by atoms with van der Waals surface area (Å²) in [6, 6.07) is 14.8. The summed E-state index contributed by atoms with van der Waals surface area (Å²) < 4.78 is 0. The predicted octanol–water partition coefficient (Wildman–Crippen LogP) is 3.64. The maximum atomic E-state index is 12.4. The van der Waals surface area contributed by atoms with Gasteiger partial charge in [-0.3, -0.25) is 9.59 Å². The smallest absolute Gasteiger partial charge is 0.229 e. The third kappa shape index (κ3) is 3.37. The molecular weight excluding hydrogens is 312 g/mol. The highest BCUT2D eigenvalue weighted by atomic mass is 35.5. The molecule has 1 heterocycles. The van der Waals surface area contributed by atoms with Crippen LogP contribution in [0.1, 0.15) is 12.0 Å². The van der Waals surface area contributed by atoms with E-state index in [4.69, 9.17) is 11.6 Å². The van der Waals surface area contributed by atoms with Crippen LogP contribution in [0.25, 0.3) is 0 Å². The molecule has 1 atom stereocenters. The summed E-state index contributed by atoms with van der Waals surface area (Å²) in [5.41, 5.74) is 2.43. The molecule has 2 amide bonds. The van der Waals surface area contributed by atoms with Gasteiger partial charge >= 0.3 is 0 Å². The van der Waals surface area contributed by atoms with E-state index in [2.05, 4.69) is 5.32 Å². The van der Waals surface area contributed by atoms with Gasteiger partial charge < -0.3 is 10.2 Å². The van der Waals surface area contributed by atoms with Crippen LogP contribution in [0.3, 0.4) is 0 Å². The summed E-state index contributed by atoms with van der Waals surface area (Å²) in [6.45, 7) is 2.30. The minimum Gasteiger partial charge on any atom is -0.326 e. The highest BCUT2D eigenvalue weighted by Gasteiger charge is 2.35. The molecule has 0 spiro atoms. The maximum Gasteiger partial charge on any atom is 0.229 e. The first-order valence-corrected chi connectivity index (χ1v) is 7.85. The van der Waals surface area contributed by atoms with Crippen molar-refractivity contribution in [2.24, 2.45) is 5.92 Å². The van der Waals surface area contributed by atoms with Crippen LogP contribution in [0.2, 0.25) is 5.02 Å². The predicted molar refractivity (Wildman–Crippen MR) is 91.7 cm³/mol. The average molecular weight is 329 g/mol. The van der Waals surface area contributed by atoms with Crippen LogP contribution < -0.4 is 10.2 Å². The summed E-state index contributed by atoms with van der Waals surface area (Å²) in [7, 11) is 0. The Morgan fingerprint density at radius 1 is 1.22 bits per heavy atom. The number of carbonyl (C=O) groups excluding carboxylic acids is 2. The Bertz CT molecular complexity index is 746.